The zero-order valence-corrected chi connectivity index (χ0v) is 12.8. The van der Waals surface area contributed by atoms with Crippen LogP contribution in [0.15, 0.2) is 35.4 Å². The number of carbonyl (C=O) groups excluding carboxylic acids is 1. The fourth-order valence-electron chi connectivity index (χ4n) is 3.01. The number of benzene rings is 1. The normalized spacial score (nSPS) is 17.5. The highest BCUT2D eigenvalue weighted by Gasteiger charge is 2.39. The number of ketones is 1. The summed E-state index contributed by atoms with van der Waals surface area (Å²) in [7, 11) is 0. The number of pyridine rings is 1. The van der Waals surface area contributed by atoms with Gasteiger partial charge in [-0.25, -0.2) is 0 Å². The van der Waals surface area contributed by atoms with Crippen LogP contribution in [0.1, 0.15) is 38.2 Å². The summed E-state index contributed by atoms with van der Waals surface area (Å²) >= 11 is 1.76. The van der Waals surface area contributed by atoms with Crippen molar-refractivity contribution >= 4 is 28.4 Å². The molecule has 104 valence electrons. The smallest absolute Gasteiger partial charge is 0.146 e. The van der Waals surface area contributed by atoms with Gasteiger partial charge < -0.3 is 0 Å². The van der Waals surface area contributed by atoms with Crippen molar-refractivity contribution < 1.29 is 4.79 Å². The quantitative estimate of drug-likeness (QED) is 0.829. The van der Waals surface area contributed by atoms with E-state index in [-0.39, 0.29) is 4.75 Å². The minimum atomic E-state index is -0.210. The van der Waals surface area contributed by atoms with Gasteiger partial charge in [-0.2, -0.15) is 0 Å². The summed E-state index contributed by atoms with van der Waals surface area (Å²) in [6.45, 7) is 3.84. The molecule has 1 saturated carbocycles. The van der Waals surface area contributed by atoms with E-state index in [1.54, 1.807) is 18.7 Å². The van der Waals surface area contributed by atoms with Crippen molar-refractivity contribution in [1.29, 1.82) is 0 Å². The van der Waals surface area contributed by atoms with Gasteiger partial charge in [0.2, 0.25) is 0 Å². The number of Topliss-reactive ketones (excluding diaryl/α,β-unsaturated/α-hetero) is 1. The van der Waals surface area contributed by atoms with E-state index >= 15 is 0 Å². The molecule has 0 spiro atoms. The Bertz CT molecular complexity index is 659. The number of fused-ring (bicyclic) bond motifs is 1. The van der Waals surface area contributed by atoms with Crippen molar-refractivity contribution in [2.75, 3.05) is 0 Å². The second kappa shape index (κ2) is 5.21. The average molecular weight is 285 g/mol. The van der Waals surface area contributed by atoms with Crippen LogP contribution in [0.2, 0.25) is 0 Å². The second-order valence-electron chi connectivity index (χ2n) is 5.69. The van der Waals surface area contributed by atoms with Crippen molar-refractivity contribution in [2.24, 2.45) is 0 Å². The predicted octanol–water partition coefficient (Wildman–Crippen LogP) is 4.54. The lowest BCUT2D eigenvalue weighted by molar-refractivity contribution is -0.119. The van der Waals surface area contributed by atoms with Gasteiger partial charge in [0, 0.05) is 16.5 Å². The average Bonchev–Trinajstić information content (AvgIpc) is 2.89. The summed E-state index contributed by atoms with van der Waals surface area (Å²) in [5, 5.41) is 1.17. The molecule has 2 nitrogen and oxygen atoms in total. The number of carbonyl (C=O) groups is 1. The molecule has 0 saturated heterocycles. The van der Waals surface area contributed by atoms with Gasteiger partial charge in [-0.1, -0.05) is 24.5 Å². The first-order valence-electron chi connectivity index (χ1n) is 7.16. The van der Waals surface area contributed by atoms with E-state index in [9.17, 15) is 4.79 Å². The first-order valence-corrected chi connectivity index (χ1v) is 7.98. The van der Waals surface area contributed by atoms with Gasteiger partial charge in [-0.05, 0) is 44.9 Å². The molecule has 0 bridgehead atoms. The van der Waals surface area contributed by atoms with Crippen LogP contribution >= 0.6 is 11.8 Å². The van der Waals surface area contributed by atoms with Crippen LogP contribution in [0.3, 0.4) is 0 Å². The summed E-state index contributed by atoms with van der Waals surface area (Å²) in [6.07, 6.45) is 6.18. The highest BCUT2D eigenvalue weighted by atomic mass is 32.2. The summed E-state index contributed by atoms with van der Waals surface area (Å²) in [4.78, 5) is 17.8. The Labute approximate surface area is 124 Å². The summed E-state index contributed by atoms with van der Waals surface area (Å²) < 4.78 is -0.210. The van der Waals surface area contributed by atoms with Crippen molar-refractivity contribution in [2.45, 2.75) is 49.2 Å². The largest absolute Gasteiger partial charge is 0.298 e. The van der Waals surface area contributed by atoms with E-state index in [0.717, 1.165) is 31.2 Å². The summed E-state index contributed by atoms with van der Waals surface area (Å²) in [6, 6.07) is 8.37. The van der Waals surface area contributed by atoms with E-state index in [1.165, 1.54) is 15.8 Å². The number of nitrogens with zero attached hydrogens (tertiary/aromatic N) is 1. The van der Waals surface area contributed by atoms with E-state index in [0.29, 0.717) is 5.78 Å². The minimum absolute atomic E-state index is 0.210. The van der Waals surface area contributed by atoms with Gasteiger partial charge in [-0.3, -0.25) is 9.78 Å². The van der Waals surface area contributed by atoms with Gasteiger partial charge in [0.1, 0.15) is 5.78 Å². The lowest BCUT2D eigenvalue weighted by atomic mass is 10.0. The van der Waals surface area contributed by atoms with Gasteiger partial charge in [0.25, 0.3) is 0 Å². The molecule has 0 unspecified atom stereocenters. The number of aryl methyl sites for hydroxylation is 1. The number of hydrogen-bond acceptors (Lipinski definition) is 3. The second-order valence-corrected chi connectivity index (χ2v) is 7.11. The molecule has 0 atom stereocenters. The van der Waals surface area contributed by atoms with E-state index in [4.69, 9.17) is 0 Å². The maximum atomic E-state index is 12.1. The Morgan fingerprint density at radius 2 is 2.00 bits per heavy atom. The highest BCUT2D eigenvalue weighted by Crippen LogP contribution is 2.47. The van der Waals surface area contributed by atoms with Gasteiger partial charge in [-0.15, -0.1) is 11.8 Å². The molecule has 0 aliphatic heterocycles. The number of hydrogen-bond donors (Lipinski definition) is 0. The first kappa shape index (κ1) is 13.6. The molecular formula is C17H19NOS. The third-order valence-electron chi connectivity index (χ3n) is 4.22. The maximum Gasteiger partial charge on any atom is 0.146 e. The highest BCUT2D eigenvalue weighted by molar-refractivity contribution is 8.01. The Morgan fingerprint density at radius 1 is 1.25 bits per heavy atom. The van der Waals surface area contributed by atoms with Crippen molar-refractivity contribution in [3.05, 3.63) is 36.0 Å². The standard InChI is InChI=1S/C17H19NOS/c1-12-5-6-15-14(11-12)16(7-10-18-15)20-17(13(2)19)8-3-4-9-17/h5-7,10-11H,3-4,8-9H2,1-2H3. The van der Waals surface area contributed by atoms with Crippen LogP contribution in [-0.2, 0) is 4.79 Å². The van der Waals surface area contributed by atoms with Crippen LogP contribution in [-0.4, -0.2) is 15.5 Å². The zero-order valence-electron chi connectivity index (χ0n) is 12.0. The third-order valence-corrected chi connectivity index (χ3v) is 5.88. The number of thioether (sulfide) groups is 1. The van der Waals surface area contributed by atoms with Gasteiger partial charge >= 0.3 is 0 Å². The lowest BCUT2D eigenvalue weighted by Gasteiger charge is -2.25. The zero-order chi connectivity index (χ0) is 14.2. The van der Waals surface area contributed by atoms with E-state index in [1.807, 2.05) is 6.20 Å². The van der Waals surface area contributed by atoms with Gasteiger partial charge in [0.05, 0.1) is 10.3 Å². The van der Waals surface area contributed by atoms with Crippen LogP contribution in [0.5, 0.6) is 0 Å². The molecule has 2 aromatic rings. The number of rotatable bonds is 3. The fourth-order valence-corrected chi connectivity index (χ4v) is 4.47. The molecular weight excluding hydrogens is 266 g/mol. The van der Waals surface area contributed by atoms with Crippen LogP contribution < -0.4 is 0 Å². The van der Waals surface area contributed by atoms with E-state index < -0.39 is 0 Å². The summed E-state index contributed by atoms with van der Waals surface area (Å²) in [5.41, 5.74) is 2.24. The first-order chi connectivity index (χ1) is 9.61. The lowest BCUT2D eigenvalue weighted by Crippen LogP contribution is -2.29. The van der Waals surface area contributed by atoms with Crippen molar-refractivity contribution in [3.63, 3.8) is 0 Å². The predicted molar refractivity (Wildman–Crippen MR) is 84.2 cm³/mol. The Hall–Kier alpha value is -1.35. The summed E-state index contributed by atoms with van der Waals surface area (Å²) in [5.74, 6) is 0.317. The Balaban J connectivity index is 2.06. The third kappa shape index (κ3) is 2.35. The van der Waals surface area contributed by atoms with Crippen LogP contribution in [0.25, 0.3) is 10.9 Å². The topological polar surface area (TPSA) is 30.0 Å². The van der Waals surface area contributed by atoms with Crippen LogP contribution in [0.4, 0.5) is 0 Å². The molecule has 20 heavy (non-hydrogen) atoms. The monoisotopic (exact) mass is 285 g/mol. The molecule has 1 aromatic heterocycles. The van der Waals surface area contributed by atoms with Crippen LogP contribution in [0, 0.1) is 6.92 Å². The Morgan fingerprint density at radius 3 is 2.70 bits per heavy atom. The molecule has 1 heterocycles. The molecule has 0 N–H and O–H groups in total. The van der Waals surface area contributed by atoms with E-state index in [2.05, 4.69) is 36.2 Å². The maximum absolute atomic E-state index is 12.1. The van der Waals surface area contributed by atoms with Crippen molar-refractivity contribution in [3.8, 4) is 0 Å². The molecule has 0 radical (unpaired) electrons. The molecule has 3 rings (SSSR count). The molecule has 1 aliphatic rings. The van der Waals surface area contributed by atoms with Crippen molar-refractivity contribution in [1.82, 2.24) is 4.98 Å². The molecule has 3 heteroatoms. The molecule has 1 aliphatic carbocycles. The minimum Gasteiger partial charge on any atom is -0.298 e. The molecule has 1 aromatic carbocycles. The van der Waals surface area contributed by atoms with Gasteiger partial charge in [0.15, 0.2) is 0 Å². The fraction of sp³-hybridized carbons (Fsp3) is 0.412. The molecule has 0 amide bonds. The SMILES string of the molecule is CC(=O)C1(Sc2ccnc3ccc(C)cc23)CCCC1. The molecule has 1 fully saturated rings. The number of aromatic nitrogens is 1. The Kier molecular flexibility index (Phi) is 3.55.